The molecule has 1 N–H and O–H groups in total. The minimum atomic E-state index is -3.49. The van der Waals surface area contributed by atoms with Crippen LogP contribution in [0, 0.1) is 6.92 Å². The van der Waals surface area contributed by atoms with Gasteiger partial charge in [0.1, 0.15) is 0 Å². The van der Waals surface area contributed by atoms with Crippen LogP contribution < -0.4 is 5.32 Å². The first-order chi connectivity index (χ1) is 13.9. The second kappa shape index (κ2) is 7.75. The van der Waals surface area contributed by atoms with Crippen LogP contribution in [-0.2, 0) is 14.6 Å². The Morgan fingerprint density at radius 2 is 1.79 bits per heavy atom. The Kier molecular flexibility index (Phi) is 5.14. The highest BCUT2D eigenvalue weighted by atomic mass is 32.2. The number of hydrogen-bond donors (Lipinski definition) is 1. The van der Waals surface area contributed by atoms with E-state index >= 15 is 0 Å². The predicted octanol–water partition coefficient (Wildman–Crippen LogP) is 2.79. The van der Waals surface area contributed by atoms with Crippen LogP contribution in [-0.4, -0.2) is 40.3 Å². The van der Waals surface area contributed by atoms with E-state index in [1.807, 2.05) is 23.7 Å². The van der Waals surface area contributed by atoms with Crippen LogP contribution in [0.25, 0.3) is 11.4 Å². The topological polar surface area (TPSA) is 107 Å². The van der Waals surface area contributed by atoms with Gasteiger partial charge >= 0.3 is 0 Å². The summed E-state index contributed by atoms with van der Waals surface area (Å²) in [6.45, 7) is 1.89. The first kappa shape index (κ1) is 19.3. The smallest absolute Gasteiger partial charge is 0.225 e. The fourth-order valence-electron chi connectivity index (χ4n) is 2.97. The Bertz CT molecular complexity index is 1120. The number of tetrazole rings is 1. The Morgan fingerprint density at radius 3 is 2.45 bits per heavy atom. The van der Waals surface area contributed by atoms with Gasteiger partial charge in [-0.15, -0.1) is 5.10 Å². The zero-order chi connectivity index (χ0) is 20.4. The summed E-state index contributed by atoms with van der Waals surface area (Å²) in [6, 6.07) is 14.2. The van der Waals surface area contributed by atoms with E-state index < -0.39 is 9.84 Å². The highest BCUT2D eigenvalue weighted by Gasteiger charge is 2.28. The van der Waals surface area contributed by atoms with Gasteiger partial charge in [0.15, 0.2) is 15.7 Å². The van der Waals surface area contributed by atoms with Crippen molar-refractivity contribution in [2.75, 3.05) is 11.1 Å². The molecule has 4 rings (SSSR count). The zero-order valence-corrected chi connectivity index (χ0v) is 16.8. The fraction of sp³-hybridized carbons (Fsp3) is 0.300. The maximum absolute atomic E-state index is 12.4. The molecule has 1 heterocycles. The first-order valence-electron chi connectivity index (χ1n) is 9.40. The summed E-state index contributed by atoms with van der Waals surface area (Å²) in [5.41, 5.74) is 2.44. The van der Waals surface area contributed by atoms with E-state index in [2.05, 4.69) is 20.8 Å². The highest BCUT2D eigenvalue weighted by molar-refractivity contribution is 7.91. The monoisotopic (exact) mass is 411 g/mol. The number of nitrogens with zero attached hydrogens (tertiary/aromatic N) is 4. The summed E-state index contributed by atoms with van der Waals surface area (Å²) in [5.74, 6) is 0.113. The van der Waals surface area contributed by atoms with E-state index in [1.165, 1.54) is 0 Å². The molecular weight excluding hydrogens is 390 g/mol. The van der Waals surface area contributed by atoms with Crippen LogP contribution in [0.3, 0.4) is 0 Å². The average molecular weight is 411 g/mol. The van der Waals surface area contributed by atoms with Crippen LogP contribution in [0.2, 0.25) is 0 Å². The lowest BCUT2D eigenvalue weighted by Crippen LogP contribution is -2.17. The molecule has 0 saturated heterocycles. The molecule has 3 aromatic rings. The molecule has 1 fully saturated rings. The van der Waals surface area contributed by atoms with Crippen LogP contribution in [0.1, 0.15) is 30.9 Å². The van der Waals surface area contributed by atoms with Crippen molar-refractivity contribution in [2.45, 2.75) is 37.1 Å². The van der Waals surface area contributed by atoms with Gasteiger partial charge in [-0.2, -0.15) is 0 Å². The van der Waals surface area contributed by atoms with Crippen molar-refractivity contribution in [3.8, 4) is 11.4 Å². The maximum Gasteiger partial charge on any atom is 0.225 e. The molecule has 0 unspecified atom stereocenters. The van der Waals surface area contributed by atoms with Crippen LogP contribution >= 0.6 is 0 Å². The molecule has 0 aliphatic heterocycles. The molecule has 1 aliphatic carbocycles. The molecule has 9 heteroatoms. The number of benzene rings is 2. The van der Waals surface area contributed by atoms with Crippen molar-refractivity contribution in [3.63, 3.8) is 0 Å². The molecule has 1 saturated carbocycles. The van der Waals surface area contributed by atoms with Gasteiger partial charge < -0.3 is 5.32 Å². The van der Waals surface area contributed by atoms with Crippen molar-refractivity contribution in [2.24, 2.45) is 0 Å². The number of aryl methyl sites for hydroxylation is 1. The fourth-order valence-corrected chi connectivity index (χ4v) is 4.21. The van der Waals surface area contributed by atoms with Crippen molar-refractivity contribution < 1.29 is 13.2 Å². The number of carbonyl (C=O) groups is 1. The normalized spacial score (nSPS) is 14.0. The number of hydrogen-bond acceptors (Lipinski definition) is 6. The SMILES string of the molecule is Cc1ccc(S(=O)(=O)CCC(=O)Nc2ccc(-c3nnnn3C3CC3)cc2)cc1. The van der Waals surface area contributed by atoms with Gasteiger partial charge in [0.05, 0.1) is 16.7 Å². The summed E-state index contributed by atoms with van der Waals surface area (Å²) in [4.78, 5) is 12.4. The molecule has 1 aromatic heterocycles. The Labute approximate surface area is 168 Å². The van der Waals surface area contributed by atoms with Gasteiger partial charge in [-0.25, -0.2) is 13.1 Å². The molecule has 0 bridgehead atoms. The van der Waals surface area contributed by atoms with Gasteiger partial charge in [-0.1, -0.05) is 17.7 Å². The van der Waals surface area contributed by atoms with Crippen molar-refractivity contribution in [1.82, 2.24) is 20.2 Å². The molecule has 8 nitrogen and oxygen atoms in total. The maximum atomic E-state index is 12.4. The van der Waals surface area contributed by atoms with Crippen molar-refractivity contribution >= 4 is 21.4 Å². The molecule has 0 spiro atoms. The predicted molar refractivity (Wildman–Crippen MR) is 108 cm³/mol. The van der Waals surface area contributed by atoms with Crippen molar-refractivity contribution in [3.05, 3.63) is 54.1 Å². The molecule has 150 valence electrons. The molecule has 0 atom stereocenters. The van der Waals surface area contributed by atoms with Crippen LogP contribution in [0.5, 0.6) is 0 Å². The number of nitrogens with one attached hydrogen (secondary N) is 1. The standard InChI is InChI=1S/C20H21N5O3S/c1-14-2-10-18(11-3-14)29(27,28)13-12-19(26)21-16-6-4-15(5-7-16)20-22-23-24-25(20)17-8-9-17/h2-7,10-11,17H,8-9,12-13H2,1H3,(H,21,26). The second-order valence-electron chi connectivity index (χ2n) is 7.19. The average Bonchev–Trinajstić information content (AvgIpc) is 3.44. The third-order valence-corrected chi connectivity index (χ3v) is 6.52. The third kappa shape index (κ3) is 4.51. The second-order valence-corrected chi connectivity index (χ2v) is 9.29. The van der Waals surface area contributed by atoms with Gasteiger partial charge in [0.2, 0.25) is 5.91 Å². The summed E-state index contributed by atoms with van der Waals surface area (Å²) in [5, 5.41) is 14.6. The van der Waals surface area contributed by atoms with Crippen LogP contribution in [0.15, 0.2) is 53.4 Å². The number of amides is 1. The molecule has 2 aromatic carbocycles. The van der Waals surface area contributed by atoms with E-state index in [4.69, 9.17) is 0 Å². The van der Waals surface area contributed by atoms with E-state index in [9.17, 15) is 13.2 Å². The van der Waals surface area contributed by atoms with Crippen LogP contribution in [0.4, 0.5) is 5.69 Å². The quantitative estimate of drug-likeness (QED) is 0.641. The number of rotatable bonds is 7. The van der Waals surface area contributed by atoms with E-state index in [0.29, 0.717) is 17.6 Å². The number of sulfone groups is 1. The van der Waals surface area contributed by atoms with Gasteiger partial charge in [-0.3, -0.25) is 4.79 Å². The Hall–Kier alpha value is -3.07. The van der Waals surface area contributed by atoms with Crippen molar-refractivity contribution in [1.29, 1.82) is 0 Å². The summed E-state index contributed by atoms with van der Waals surface area (Å²) in [7, 11) is -3.49. The third-order valence-electron chi connectivity index (χ3n) is 4.79. The van der Waals surface area contributed by atoms with Gasteiger partial charge in [-0.05, 0) is 66.6 Å². The highest BCUT2D eigenvalue weighted by Crippen LogP contribution is 2.36. The Morgan fingerprint density at radius 1 is 1.10 bits per heavy atom. The number of carbonyl (C=O) groups excluding carboxylic acids is 1. The van der Waals surface area contributed by atoms with E-state index in [-0.39, 0.29) is 23.0 Å². The molecule has 1 aliphatic rings. The minimum Gasteiger partial charge on any atom is -0.326 e. The number of aromatic nitrogens is 4. The lowest BCUT2D eigenvalue weighted by Gasteiger charge is -2.08. The van der Waals surface area contributed by atoms with E-state index in [1.54, 1.807) is 36.4 Å². The Balaban J connectivity index is 1.36. The molecule has 29 heavy (non-hydrogen) atoms. The summed E-state index contributed by atoms with van der Waals surface area (Å²) >= 11 is 0. The summed E-state index contributed by atoms with van der Waals surface area (Å²) in [6.07, 6.45) is 2.05. The lowest BCUT2D eigenvalue weighted by atomic mass is 10.2. The minimum absolute atomic E-state index is 0.113. The number of anilines is 1. The molecular formula is C20H21N5O3S. The largest absolute Gasteiger partial charge is 0.326 e. The molecule has 0 radical (unpaired) electrons. The zero-order valence-electron chi connectivity index (χ0n) is 15.9. The molecule has 1 amide bonds. The van der Waals surface area contributed by atoms with Gasteiger partial charge in [0.25, 0.3) is 0 Å². The van der Waals surface area contributed by atoms with E-state index in [0.717, 1.165) is 24.0 Å². The first-order valence-corrected chi connectivity index (χ1v) is 11.1. The summed E-state index contributed by atoms with van der Waals surface area (Å²) < 4.78 is 26.6. The lowest BCUT2D eigenvalue weighted by molar-refractivity contribution is -0.115. The van der Waals surface area contributed by atoms with Gasteiger partial charge in [0, 0.05) is 17.7 Å².